The summed E-state index contributed by atoms with van der Waals surface area (Å²) in [6.07, 6.45) is 3.93. The van der Waals surface area contributed by atoms with Gasteiger partial charge in [0, 0.05) is 25.2 Å². The van der Waals surface area contributed by atoms with Gasteiger partial charge in [0.1, 0.15) is 0 Å². The van der Waals surface area contributed by atoms with E-state index in [1.165, 1.54) is 10.1 Å². The molecule has 23 heavy (non-hydrogen) atoms. The van der Waals surface area contributed by atoms with Gasteiger partial charge in [-0.2, -0.15) is 4.52 Å². The van der Waals surface area contributed by atoms with Crippen LogP contribution in [0.15, 0.2) is 48.7 Å². The molecule has 116 valence electrons. The van der Waals surface area contributed by atoms with Crippen LogP contribution in [0.4, 0.5) is 0 Å². The van der Waals surface area contributed by atoms with E-state index in [2.05, 4.69) is 39.8 Å². The number of carbonyl (C=O) groups excluding carboxylic acids is 1. The van der Waals surface area contributed by atoms with E-state index in [-0.39, 0.29) is 11.3 Å². The van der Waals surface area contributed by atoms with Crippen molar-refractivity contribution in [2.24, 2.45) is 0 Å². The van der Waals surface area contributed by atoms with Gasteiger partial charge in [-0.15, -0.1) is 5.10 Å². The molecule has 0 radical (unpaired) electrons. The number of pyridine rings is 1. The Balaban J connectivity index is 1.54. The molecule has 1 aromatic carbocycles. The Hall–Kier alpha value is -2.76. The third-order valence-electron chi connectivity index (χ3n) is 4.56. The number of aromatic nitrogens is 4. The van der Waals surface area contributed by atoms with Gasteiger partial charge in [-0.25, -0.2) is 0 Å². The Morgan fingerprint density at radius 3 is 2.74 bits per heavy atom. The molecule has 0 saturated heterocycles. The van der Waals surface area contributed by atoms with Crippen LogP contribution < -0.4 is 0 Å². The van der Waals surface area contributed by atoms with Gasteiger partial charge in [0.05, 0.1) is 5.56 Å². The van der Waals surface area contributed by atoms with Gasteiger partial charge >= 0.3 is 0 Å². The maximum atomic E-state index is 12.7. The minimum Gasteiger partial charge on any atom is -0.341 e. The second kappa shape index (κ2) is 5.15. The average molecular weight is 307 g/mol. The first-order valence-corrected chi connectivity index (χ1v) is 7.67. The average Bonchev–Trinajstić information content (AvgIpc) is 3.21. The molecule has 0 spiro atoms. The predicted molar refractivity (Wildman–Crippen MR) is 85.1 cm³/mol. The fraction of sp³-hybridized carbons (Fsp3) is 0.294. The zero-order valence-electron chi connectivity index (χ0n) is 12.9. The Kier molecular flexibility index (Phi) is 3.11. The van der Waals surface area contributed by atoms with Crippen LogP contribution in [0.3, 0.4) is 0 Å². The third-order valence-corrected chi connectivity index (χ3v) is 4.56. The molecule has 1 saturated carbocycles. The molecule has 2 heterocycles. The van der Waals surface area contributed by atoms with E-state index < -0.39 is 0 Å². The molecule has 0 N–H and O–H groups in total. The number of fused-ring (bicyclic) bond motifs is 1. The van der Waals surface area contributed by atoms with Gasteiger partial charge in [-0.05, 0) is 41.0 Å². The molecule has 0 bridgehead atoms. The lowest BCUT2D eigenvalue weighted by Crippen LogP contribution is -2.34. The minimum absolute atomic E-state index is 0.00962. The number of benzene rings is 1. The van der Waals surface area contributed by atoms with E-state index in [1.54, 1.807) is 23.2 Å². The van der Waals surface area contributed by atoms with E-state index in [0.29, 0.717) is 11.2 Å². The van der Waals surface area contributed by atoms with E-state index >= 15 is 0 Å². The fourth-order valence-electron chi connectivity index (χ4n) is 3.09. The molecule has 6 heteroatoms. The number of rotatable bonds is 4. The van der Waals surface area contributed by atoms with E-state index in [1.807, 2.05) is 13.1 Å². The Morgan fingerprint density at radius 1 is 1.22 bits per heavy atom. The van der Waals surface area contributed by atoms with Gasteiger partial charge in [0.15, 0.2) is 5.65 Å². The summed E-state index contributed by atoms with van der Waals surface area (Å²) in [6, 6.07) is 14.0. The van der Waals surface area contributed by atoms with Crippen molar-refractivity contribution in [3.05, 3.63) is 59.8 Å². The van der Waals surface area contributed by atoms with Crippen LogP contribution in [-0.2, 0) is 5.41 Å². The predicted octanol–water partition coefficient (Wildman–Crippen LogP) is 1.93. The van der Waals surface area contributed by atoms with E-state index in [0.717, 1.165) is 19.4 Å². The summed E-state index contributed by atoms with van der Waals surface area (Å²) in [5.41, 5.74) is 2.66. The van der Waals surface area contributed by atoms with Crippen LogP contribution in [0.25, 0.3) is 5.65 Å². The molecule has 0 aliphatic heterocycles. The molecule has 1 aliphatic rings. The van der Waals surface area contributed by atoms with Crippen LogP contribution in [0.2, 0.25) is 0 Å². The fourth-order valence-corrected chi connectivity index (χ4v) is 3.09. The lowest BCUT2D eigenvalue weighted by Gasteiger charge is -2.24. The highest BCUT2D eigenvalue weighted by molar-refractivity contribution is 5.94. The summed E-state index contributed by atoms with van der Waals surface area (Å²) in [6.45, 7) is 0.726. The van der Waals surface area contributed by atoms with Crippen molar-refractivity contribution in [1.29, 1.82) is 0 Å². The highest BCUT2D eigenvalue weighted by Crippen LogP contribution is 2.48. The van der Waals surface area contributed by atoms with Crippen molar-refractivity contribution in [3.8, 4) is 0 Å². The van der Waals surface area contributed by atoms with Crippen molar-refractivity contribution in [3.63, 3.8) is 0 Å². The molecule has 1 amide bonds. The smallest absolute Gasteiger partial charge is 0.255 e. The Morgan fingerprint density at radius 2 is 2.00 bits per heavy atom. The highest BCUT2D eigenvalue weighted by atomic mass is 16.2. The SMILES string of the molecule is CN(CC1(c2ccccc2)CC1)C(=O)c1ccc2nnnn2c1. The number of amides is 1. The normalized spacial score (nSPS) is 15.5. The summed E-state index contributed by atoms with van der Waals surface area (Å²) in [4.78, 5) is 14.5. The number of hydrogen-bond acceptors (Lipinski definition) is 4. The van der Waals surface area contributed by atoms with Crippen molar-refractivity contribution >= 4 is 11.6 Å². The molecular formula is C17H17N5O. The van der Waals surface area contributed by atoms with Gasteiger partial charge in [0.2, 0.25) is 0 Å². The lowest BCUT2D eigenvalue weighted by molar-refractivity contribution is 0.0781. The largest absolute Gasteiger partial charge is 0.341 e. The zero-order valence-corrected chi connectivity index (χ0v) is 12.9. The van der Waals surface area contributed by atoms with Gasteiger partial charge in [-0.3, -0.25) is 4.79 Å². The number of nitrogens with zero attached hydrogens (tertiary/aromatic N) is 5. The standard InChI is InChI=1S/C17H17N5O/c1-21(12-17(9-10-17)14-5-3-2-4-6-14)16(23)13-7-8-15-18-19-20-22(15)11-13/h2-8,11H,9-10,12H2,1H3. The second-order valence-corrected chi connectivity index (χ2v) is 6.21. The molecule has 0 unspecified atom stereocenters. The van der Waals surface area contributed by atoms with Crippen LogP contribution in [0, 0.1) is 0 Å². The maximum Gasteiger partial charge on any atom is 0.255 e. The van der Waals surface area contributed by atoms with Crippen molar-refractivity contribution in [2.45, 2.75) is 18.3 Å². The van der Waals surface area contributed by atoms with Crippen LogP contribution in [-0.4, -0.2) is 44.4 Å². The number of carbonyl (C=O) groups is 1. The molecule has 2 aromatic heterocycles. The molecule has 6 nitrogen and oxygen atoms in total. The number of hydrogen-bond donors (Lipinski definition) is 0. The molecule has 1 fully saturated rings. The summed E-state index contributed by atoms with van der Waals surface area (Å²) >= 11 is 0. The summed E-state index contributed by atoms with van der Waals surface area (Å²) in [5.74, 6) is -0.00962. The van der Waals surface area contributed by atoms with Gasteiger partial charge < -0.3 is 4.90 Å². The quantitative estimate of drug-likeness (QED) is 0.739. The van der Waals surface area contributed by atoms with Crippen LogP contribution in [0.5, 0.6) is 0 Å². The highest BCUT2D eigenvalue weighted by Gasteiger charge is 2.45. The molecule has 0 atom stereocenters. The topological polar surface area (TPSA) is 63.4 Å². The van der Waals surface area contributed by atoms with E-state index in [4.69, 9.17) is 0 Å². The maximum absolute atomic E-state index is 12.7. The molecule has 4 rings (SSSR count). The van der Waals surface area contributed by atoms with Gasteiger partial charge in [-0.1, -0.05) is 30.3 Å². The number of tetrazole rings is 1. The van der Waals surface area contributed by atoms with Crippen molar-refractivity contribution in [1.82, 2.24) is 24.9 Å². The molecule has 3 aromatic rings. The first kappa shape index (κ1) is 13.9. The summed E-state index contributed by atoms with van der Waals surface area (Å²) < 4.78 is 1.52. The minimum atomic E-state index is -0.00962. The summed E-state index contributed by atoms with van der Waals surface area (Å²) in [5, 5.41) is 11.3. The second-order valence-electron chi connectivity index (χ2n) is 6.21. The summed E-state index contributed by atoms with van der Waals surface area (Å²) in [7, 11) is 1.86. The van der Waals surface area contributed by atoms with Crippen molar-refractivity contribution in [2.75, 3.05) is 13.6 Å². The van der Waals surface area contributed by atoms with E-state index in [9.17, 15) is 4.79 Å². The molecular weight excluding hydrogens is 290 g/mol. The lowest BCUT2D eigenvalue weighted by atomic mass is 9.95. The van der Waals surface area contributed by atoms with Gasteiger partial charge in [0.25, 0.3) is 5.91 Å². The first-order chi connectivity index (χ1) is 11.2. The van der Waals surface area contributed by atoms with Crippen LogP contribution in [0.1, 0.15) is 28.8 Å². The van der Waals surface area contributed by atoms with Crippen molar-refractivity contribution < 1.29 is 4.79 Å². The Labute approximate surface area is 133 Å². The molecule has 1 aliphatic carbocycles. The third kappa shape index (κ3) is 2.46. The monoisotopic (exact) mass is 307 g/mol. The Bertz CT molecular complexity index is 854. The number of likely N-dealkylation sites (N-methyl/N-ethyl adjacent to an activating group) is 1. The van der Waals surface area contributed by atoms with Crippen LogP contribution >= 0.6 is 0 Å². The zero-order chi connectivity index (χ0) is 15.9. The first-order valence-electron chi connectivity index (χ1n) is 7.67.